The smallest absolute Gasteiger partial charge is 0.257 e. The number of rotatable bonds is 11. The molecule has 0 aliphatic carbocycles. The maximum Gasteiger partial charge on any atom is 0.257 e. The largest absolute Gasteiger partial charge is 0.388 e. The summed E-state index contributed by atoms with van der Waals surface area (Å²) in [5.41, 5.74) is 5.53. The van der Waals surface area contributed by atoms with Gasteiger partial charge in [0.15, 0.2) is 0 Å². The van der Waals surface area contributed by atoms with Gasteiger partial charge in [-0.2, -0.15) is 0 Å². The first-order valence-electron chi connectivity index (χ1n) is 24.9. The van der Waals surface area contributed by atoms with Crippen LogP contribution in [0.15, 0.2) is 77.9 Å². The molecule has 2 N–H and O–H groups in total. The Morgan fingerprint density at radius 1 is 0.873 bits per heavy atom. The highest BCUT2D eigenvalue weighted by atomic mass is 19.1. The van der Waals surface area contributed by atoms with Crippen molar-refractivity contribution in [3.8, 4) is 5.69 Å². The summed E-state index contributed by atoms with van der Waals surface area (Å²) in [4.78, 5) is 79.9. The number of fused-ring (bicyclic) bond motifs is 2. The lowest BCUT2D eigenvalue weighted by Gasteiger charge is -2.42. The third kappa shape index (κ3) is 9.19. The van der Waals surface area contributed by atoms with Crippen molar-refractivity contribution in [2.45, 2.75) is 83.5 Å². The number of hydrogen-bond donors (Lipinski definition) is 2. The number of anilines is 2. The van der Waals surface area contributed by atoms with Crippen LogP contribution in [0.5, 0.6) is 0 Å². The highest BCUT2D eigenvalue weighted by Crippen LogP contribution is 2.44. The van der Waals surface area contributed by atoms with Gasteiger partial charge in [-0.15, -0.1) is 0 Å². The normalized spacial score (nSPS) is 21.5. The molecule has 5 aliphatic rings. The molecular weight excluding hydrogens is 907 g/mol. The number of carbonyl (C=O) groups excluding carboxylic acids is 4. The van der Waals surface area contributed by atoms with Crippen LogP contribution in [0.4, 0.5) is 20.2 Å². The van der Waals surface area contributed by atoms with Gasteiger partial charge in [0, 0.05) is 144 Å². The Hall–Kier alpha value is -6.56. The molecule has 71 heavy (non-hydrogen) atoms. The van der Waals surface area contributed by atoms with Crippen molar-refractivity contribution in [1.29, 1.82) is 0 Å². The molecule has 5 aromatic rings. The number of hydrogen-bond acceptors (Lipinski definition) is 10. The van der Waals surface area contributed by atoms with E-state index in [1.165, 1.54) is 12.1 Å². The Labute approximate surface area is 412 Å². The highest BCUT2D eigenvalue weighted by molar-refractivity contribution is 6.13. The minimum Gasteiger partial charge on any atom is -0.388 e. The molecule has 3 aromatic heterocycles. The van der Waals surface area contributed by atoms with Crippen LogP contribution in [0.2, 0.25) is 0 Å². The Bertz CT molecular complexity index is 3020. The number of nitrogens with zero attached hydrogens (tertiary/aromatic N) is 8. The van der Waals surface area contributed by atoms with Gasteiger partial charge in [0.2, 0.25) is 17.7 Å². The topological polar surface area (TPSA) is 148 Å². The van der Waals surface area contributed by atoms with E-state index in [1.807, 2.05) is 61.9 Å². The van der Waals surface area contributed by atoms with Crippen molar-refractivity contribution in [2.75, 3.05) is 69.6 Å². The van der Waals surface area contributed by atoms with Crippen LogP contribution in [0.25, 0.3) is 22.3 Å². The van der Waals surface area contributed by atoms with Crippen LogP contribution in [0.1, 0.15) is 85.6 Å². The number of piperidine rings is 2. The zero-order valence-electron chi connectivity index (χ0n) is 41.1. The fourth-order valence-corrected chi connectivity index (χ4v) is 11.5. The Kier molecular flexibility index (Phi) is 13.0. The average molecular weight is 969 g/mol. The fourth-order valence-electron chi connectivity index (χ4n) is 11.5. The van der Waals surface area contributed by atoms with E-state index in [4.69, 9.17) is 0 Å². The third-order valence-corrected chi connectivity index (χ3v) is 15.7. The third-order valence-electron chi connectivity index (χ3n) is 15.7. The van der Waals surface area contributed by atoms with Crippen LogP contribution in [-0.2, 0) is 39.9 Å². The number of benzene rings is 2. The fraction of sp³-hybridized carbons (Fsp3) is 0.444. The van der Waals surface area contributed by atoms with Gasteiger partial charge in [0.1, 0.15) is 23.3 Å². The van der Waals surface area contributed by atoms with E-state index in [0.717, 1.165) is 90.5 Å². The molecule has 0 spiro atoms. The summed E-state index contributed by atoms with van der Waals surface area (Å²) >= 11 is 0. The Morgan fingerprint density at radius 2 is 1.65 bits per heavy atom. The van der Waals surface area contributed by atoms with E-state index < -0.39 is 29.0 Å². The summed E-state index contributed by atoms with van der Waals surface area (Å²) in [5, 5.41) is 6.24. The molecular formula is C54H62F2N10O5. The van der Waals surface area contributed by atoms with E-state index in [1.54, 1.807) is 39.9 Å². The molecule has 4 amide bonds. The van der Waals surface area contributed by atoms with Crippen LogP contribution in [0, 0.1) is 17.6 Å². The number of carbonyl (C=O) groups is 4. The molecule has 10 rings (SSSR count). The molecule has 5 aliphatic heterocycles. The second-order valence-corrected chi connectivity index (χ2v) is 20.6. The van der Waals surface area contributed by atoms with E-state index in [2.05, 4.69) is 43.3 Å². The molecule has 0 radical (unpaired) electrons. The van der Waals surface area contributed by atoms with Crippen molar-refractivity contribution < 1.29 is 28.0 Å². The van der Waals surface area contributed by atoms with Gasteiger partial charge in [0.05, 0.1) is 11.1 Å². The number of imide groups is 1. The standard InChI is InChI=1S/C54H62F2N10O5/c1-33-29-62(30-35-6-7-45-41(24-35)54(2,3)53(71)66(45)46-8-9-47(67)59-51(46)69)22-23-64(33)31-34-11-19-63(20-12-34)52(70)37-25-42(55)49(43(56)26-37)36-13-17-61(18-14-36)32-39-28-40-44(10-16-58-50(40)60(39)5)65-21-15-38(57-4)27-48(65)68/h6-7,10,13,15-16,21,24-28,33-34,46,57H,8-9,11-12,14,17-20,22-23,29-32H2,1-5H3,(H,59,67,69)/t33-,46?/m0/s1. The monoisotopic (exact) mass is 968 g/mol. The molecule has 372 valence electrons. The Balaban J connectivity index is 0.708. The van der Waals surface area contributed by atoms with Crippen molar-refractivity contribution in [1.82, 2.24) is 39.0 Å². The highest BCUT2D eigenvalue weighted by Gasteiger charge is 2.49. The second-order valence-electron chi connectivity index (χ2n) is 20.6. The van der Waals surface area contributed by atoms with E-state index >= 15 is 8.78 Å². The van der Waals surface area contributed by atoms with E-state index in [9.17, 15) is 24.0 Å². The van der Waals surface area contributed by atoms with Gasteiger partial charge < -0.3 is 14.8 Å². The number of nitrogens with one attached hydrogen (secondary N) is 2. The number of aromatic nitrogens is 3. The van der Waals surface area contributed by atoms with E-state index in [-0.39, 0.29) is 40.8 Å². The van der Waals surface area contributed by atoms with Gasteiger partial charge >= 0.3 is 0 Å². The molecule has 8 heterocycles. The molecule has 3 fully saturated rings. The summed E-state index contributed by atoms with van der Waals surface area (Å²) in [5.74, 6) is -2.28. The van der Waals surface area contributed by atoms with Crippen LogP contribution in [-0.4, -0.2) is 129 Å². The molecule has 0 bridgehead atoms. The first-order valence-corrected chi connectivity index (χ1v) is 24.9. The lowest BCUT2D eigenvalue weighted by atomic mass is 9.85. The van der Waals surface area contributed by atoms with Gasteiger partial charge in [-0.05, 0) is 105 Å². The van der Waals surface area contributed by atoms with E-state index in [0.29, 0.717) is 63.1 Å². The van der Waals surface area contributed by atoms with Crippen molar-refractivity contribution in [3.63, 3.8) is 0 Å². The predicted molar refractivity (Wildman–Crippen MR) is 268 cm³/mol. The summed E-state index contributed by atoms with van der Waals surface area (Å²) in [6, 6.07) is 15.4. The first-order chi connectivity index (χ1) is 34.1. The first kappa shape index (κ1) is 48.1. The molecule has 0 saturated carbocycles. The summed E-state index contributed by atoms with van der Waals surface area (Å²) in [7, 11) is 3.72. The molecule has 15 nitrogen and oxygen atoms in total. The van der Waals surface area contributed by atoms with Gasteiger partial charge in [-0.1, -0.05) is 18.2 Å². The SMILES string of the molecule is CNc1ccn(-c2ccnc3c2cc(CN2CC=C(c4c(F)cc(C(=O)N5CCC(CN6CCN(Cc7ccc8c(c7)C(C)(C)C(=O)N8C7CCC(=O)NC7=O)C[C@@H]6C)CC5)cc4F)CC2)n3C)c(=O)c1. The number of piperazine rings is 1. The maximum atomic E-state index is 15.8. The Morgan fingerprint density at radius 3 is 2.34 bits per heavy atom. The lowest BCUT2D eigenvalue weighted by Crippen LogP contribution is -2.55. The van der Waals surface area contributed by atoms with Gasteiger partial charge in [-0.25, -0.2) is 13.8 Å². The molecule has 1 unspecified atom stereocenters. The molecule has 2 atom stereocenters. The number of halogens is 2. The lowest BCUT2D eigenvalue weighted by molar-refractivity contribution is -0.136. The van der Waals surface area contributed by atoms with Crippen molar-refractivity contribution >= 4 is 51.6 Å². The second kappa shape index (κ2) is 19.2. The number of likely N-dealkylation sites (tertiary alicyclic amines) is 1. The number of amides is 4. The van der Waals surface area contributed by atoms with Crippen molar-refractivity contribution in [3.05, 3.63) is 123 Å². The predicted octanol–water partition coefficient (Wildman–Crippen LogP) is 5.82. The minimum atomic E-state index is -0.798. The van der Waals surface area contributed by atoms with Gasteiger partial charge in [0.25, 0.3) is 11.5 Å². The zero-order chi connectivity index (χ0) is 49.9. The molecule has 2 aromatic carbocycles. The zero-order valence-corrected chi connectivity index (χ0v) is 41.1. The quantitative estimate of drug-likeness (QED) is 0.155. The van der Waals surface area contributed by atoms with Crippen LogP contribution >= 0.6 is 0 Å². The summed E-state index contributed by atoms with van der Waals surface area (Å²) < 4.78 is 35.3. The molecule has 3 saturated heterocycles. The minimum absolute atomic E-state index is 0.0270. The summed E-state index contributed by atoms with van der Waals surface area (Å²) in [6.45, 7) is 13.1. The molecule has 17 heteroatoms. The number of pyridine rings is 2. The van der Waals surface area contributed by atoms with Crippen molar-refractivity contribution in [2.24, 2.45) is 13.0 Å². The van der Waals surface area contributed by atoms with Crippen LogP contribution in [0.3, 0.4) is 0 Å². The van der Waals surface area contributed by atoms with Crippen LogP contribution < -0.4 is 21.1 Å². The maximum absolute atomic E-state index is 15.8. The summed E-state index contributed by atoms with van der Waals surface area (Å²) in [6.07, 6.45) is 7.89. The number of aryl methyl sites for hydroxylation is 1. The van der Waals surface area contributed by atoms with Gasteiger partial charge in [-0.3, -0.25) is 53.5 Å². The average Bonchev–Trinajstić information content (AvgIpc) is 3.77.